The third-order valence-corrected chi connectivity index (χ3v) is 11.4. The summed E-state index contributed by atoms with van der Waals surface area (Å²) >= 11 is 0. The number of ether oxygens (including phenoxy) is 2. The normalized spacial score (nSPS) is 16.9. The van der Waals surface area contributed by atoms with Gasteiger partial charge in [0.15, 0.2) is 0 Å². The van der Waals surface area contributed by atoms with Gasteiger partial charge >= 0.3 is 11.9 Å². The molecule has 0 amide bonds. The molecule has 1 rings (SSSR count). The summed E-state index contributed by atoms with van der Waals surface area (Å²) in [7, 11) is 0. The van der Waals surface area contributed by atoms with E-state index in [0.29, 0.717) is 6.42 Å². The lowest BCUT2D eigenvalue weighted by molar-refractivity contribution is -0.197. The molecule has 1 N–H and O–H groups in total. The first-order valence-corrected chi connectivity index (χ1v) is 16.9. The first kappa shape index (κ1) is 41.1. The minimum Gasteiger partial charge on any atom is -0.463 e. The summed E-state index contributed by atoms with van der Waals surface area (Å²) in [5, 5.41) is 9.65. The third-order valence-electron chi connectivity index (χ3n) is 11.4. The molecular weight excluding hydrogens is 560 g/mol. The molecule has 0 aliphatic carbocycles. The Morgan fingerprint density at radius 1 is 0.733 bits per heavy atom. The largest absolute Gasteiger partial charge is 0.463 e. The molecule has 3 unspecified atom stereocenters. The number of esters is 2. The van der Waals surface area contributed by atoms with Gasteiger partial charge in [0.1, 0.15) is 12.2 Å². The minimum absolute atomic E-state index is 0.0693. The van der Waals surface area contributed by atoms with Crippen LogP contribution in [0, 0.1) is 43.8 Å². The Kier molecular flexibility index (Phi) is 12.5. The van der Waals surface area contributed by atoms with Crippen molar-refractivity contribution in [3.63, 3.8) is 0 Å². The maximum atomic E-state index is 14.4. The number of aliphatic hydroxyl groups excluding tert-OH is 1. The predicted molar refractivity (Wildman–Crippen MR) is 188 cm³/mol. The summed E-state index contributed by atoms with van der Waals surface area (Å²) in [6.45, 7) is 38.2. The van der Waals surface area contributed by atoms with Crippen molar-refractivity contribution in [3.05, 3.63) is 35.9 Å². The molecule has 1 aromatic rings. The molecule has 0 saturated carbocycles. The number of rotatable bonds is 13. The van der Waals surface area contributed by atoms with Crippen LogP contribution in [-0.4, -0.2) is 35.9 Å². The Morgan fingerprint density at radius 3 is 1.62 bits per heavy atom. The molecule has 0 aliphatic heterocycles. The maximum absolute atomic E-state index is 14.4. The Labute approximate surface area is 277 Å². The van der Waals surface area contributed by atoms with Crippen LogP contribution in [0.2, 0.25) is 0 Å². The van der Waals surface area contributed by atoms with Gasteiger partial charge in [0.05, 0.1) is 17.9 Å². The number of carbonyl (C=O) groups is 2. The highest BCUT2D eigenvalue weighted by atomic mass is 16.6. The molecule has 5 nitrogen and oxygen atoms in total. The average molecular weight is 631 g/mol. The van der Waals surface area contributed by atoms with Crippen molar-refractivity contribution < 1.29 is 24.2 Å². The summed E-state index contributed by atoms with van der Waals surface area (Å²) in [6.07, 6.45) is 1.51. The van der Waals surface area contributed by atoms with Crippen LogP contribution in [0.3, 0.4) is 0 Å². The van der Waals surface area contributed by atoms with Gasteiger partial charge in [-0.15, -0.1) is 0 Å². The zero-order valence-electron chi connectivity index (χ0n) is 32.5. The van der Waals surface area contributed by atoms with Crippen LogP contribution in [0.15, 0.2) is 30.3 Å². The molecule has 0 fully saturated rings. The van der Waals surface area contributed by atoms with Gasteiger partial charge < -0.3 is 14.6 Å². The van der Waals surface area contributed by atoms with Gasteiger partial charge in [-0.1, -0.05) is 127 Å². The summed E-state index contributed by atoms with van der Waals surface area (Å²) in [5.74, 6) is -0.889. The van der Waals surface area contributed by atoms with E-state index >= 15 is 0 Å². The van der Waals surface area contributed by atoms with E-state index in [0.717, 1.165) is 6.42 Å². The lowest BCUT2D eigenvalue weighted by Gasteiger charge is -2.60. The number of carbonyl (C=O) groups excluding carboxylic acids is 2. The highest BCUT2D eigenvalue weighted by Gasteiger charge is 2.63. The van der Waals surface area contributed by atoms with Crippen LogP contribution in [-0.2, 0) is 19.1 Å². The monoisotopic (exact) mass is 631 g/mol. The third kappa shape index (κ3) is 9.36. The van der Waals surface area contributed by atoms with Gasteiger partial charge in [-0.05, 0) is 84.5 Å². The first-order valence-electron chi connectivity index (χ1n) is 16.9. The van der Waals surface area contributed by atoms with Gasteiger partial charge in [-0.2, -0.15) is 0 Å². The molecule has 5 heteroatoms. The smallest absolute Gasteiger partial charge is 0.312 e. The zero-order chi connectivity index (χ0) is 35.7. The van der Waals surface area contributed by atoms with E-state index in [4.69, 9.17) is 9.47 Å². The van der Waals surface area contributed by atoms with Gasteiger partial charge in [0.25, 0.3) is 0 Å². The second-order valence-electron chi connectivity index (χ2n) is 19.4. The molecular formula is C40H70O5. The summed E-state index contributed by atoms with van der Waals surface area (Å²) in [5.41, 5.74) is -2.78. The van der Waals surface area contributed by atoms with Crippen LogP contribution in [0.1, 0.15) is 149 Å². The molecule has 0 heterocycles. The van der Waals surface area contributed by atoms with E-state index in [2.05, 4.69) is 127 Å². The van der Waals surface area contributed by atoms with E-state index in [1.807, 2.05) is 27.7 Å². The minimum atomic E-state index is -1.03. The summed E-state index contributed by atoms with van der Waals surface area (Å²) < 4.78 is 11.9. The van der Waals surface area contributed by atoms with Crippen molar-refractivity contribution >= 4 is 11.9 Å². The Balaban J connectivity index is 3.95. The van der Waals surface area contributed by atoms with Crippen LogP contribution >= 0.6 is 0 Å². The van der Waals surface area contributed by atoms with Crippen LogP contribution in [0.5, 0.6) is 0 Å². The van der Waals surface area contributed by atoms with E-state index in [-0.39, 0.29) is 47.3 Å². The van der Waals surface area contributed by atoms with Gasteiger partial charge in [0, 0.05) is 0 Å². The first-order chi connectivity index (χ1) is 19.9. The molecule has 0 aromatic heterocycles. The van der Waals surface area contributed by atoms with Gasteiger partial charge in [0.2, 0.25) is 0 Å². The van der Waals surface area contributed by atoms with Crippen molar-refractivity contribution in [2.24, 2.45) is 43.8 Å². The lowest BCUT2D eigenvalue weighted by atomic mass is 9.43. The lowest BCUT2D eigenvalue weighted by Crippen LogP contribution is -2.59. The van der Waals surface area contributed by atoms with Crippen molar-refractivity contribution in [3.8, 4) is 0 Å². The predicted octanol–water partition coefficient (Wildman–Crippen LogP) is 10.2. The SMILES string of the molecule is CC(C)(C)CC(c1ccccc1)C(C)(C)C(C)(C)CC(C)(C(=O)OCCO)C(C)(C)C(C)(C)C(C(=O)OC(C)(C)C)C(C)(C)C. The second kappa shape index (κ2) is 13.7. The molecule has 0 spiro atoms. The molecule has 45 heavy (non-hydrogen) atoms. The number of benzene rings is 1. The van der Waals surface area contributed by atoms with E-state index in [1.54, 1.807) is 0 Å². The standard InChI is InChI=1S/C40H70O5/c1-33(2,3)26-29(28-22-20-19-21-23-28)37(12,13)36(10,11)27-40(18,32(43)44-25-24-41)39(16,17)38(14,15)30(34(4,5)6)31(42)45-35(7,8)9/h19-23,29-30,41H,24-27H2,1-18H3. The number of hydrogen-bond acceptors (Lipinski definition) is 5. The molecule has 0 radical (unpaired) electrons. The van der Waals surface area contributed by atoms with E-state index in [1.165, 1.54) is 5.56 Å². The van der Waals surface area contributed by atoms with Crippen LogP contribution < -0.4 is 0 Å². The molecule has 0 bridgehead atoms. The highest BCUT2D eigenvalue weighted by Crippen LogP contribution is 2.65. The van der Waals surface area contributed by atoms with Crippen LogP contribution in [0.4, 0.5) is 0 Å². The Hall–Kier alpha value is -1.88. The quantitative estimate of drug-likeness (QED) is 0.220. The molecule has 3 atom stereocenters. The fraction of sp³-hybridized carbons (Fsp3) is 0.800. The van der Waals surface area contributed by atoms with Crippen molar-refractivity contribution in [2.45, 2.75) is 149 Å². The molecule has 1 aromatic carbocycles. The zero-order valence-corrected chi connectivity index (χ0v) is 32.5. The number of hydrogen-bond donors (Lipinski definition) is 1. The van der Waals surface area contributed by atoms with Crippen molar-refractivity contribution in [2.75, 3.05) is 13.2 Å². The Bertz CT molecular complexity index is 1120. The van der Waals surface area contributed by atoms with Crippen LogP contribution in [0.25, 0.3) is 0 Å². The topological polar surface area (TPSA) is 72.8 Å². The summed E-state index contributed by atoms with van der Waals surface area (Å²) in [4.78, 5) is 28.4. The Morgan fingerprint density at radius 2 is 1.22 bits per heavy atom. The average Bonchev–Trinajstić information content (AvgIpc) is 2.82. The van der Waals surface area contributed by atoms with E-state index < -0.39 is 33.2 Å². The molecule has 0 saturated heterocycles. The van der Waals surface area contributed by atoms with Gasteiger partial charge in [-0.25, -0.2) is 0 Å². The summed E-state index contributed by atoms with van der Waals surface area (Å²) in [6, 6.07) is 10.7. The highest BCUT2D eigenvalue weighted by molar-refractivity contribution is 5.79. The maximum Gasteiger partial charge on any atom is 0.312 e. The number of aliphatic hydroxyl groups is 1. The van der Waals surface area contributed by atoms with Crippen molar-refractivity contribution in [1.29, 1.82) is 0 Å². The molecule has 260 valence electrons. The fourth-order valence-corrected chi connectivity index (χ4v) is 7.68. The van der Waals surface area contributed by atoms with E-state index in [9.17, 15) is 14.7 Å². The molecule has 0 aliphatic rings. The van der Waals surface area contributed by atoms with Crippen molar-refractivity contribution in [1.82, 2.24) is 0 Å². The fourth-order valence-electron chi connectivity index (χ4n) is 7.68. The second-order valence-corrected chi connectivity index (χ2v) is 19.4. The van der Waals surface area contributed by atoms with Gasteiger partial charge in [-0.3, -0.25) is 9.59 Å².